The second-order valence-corrected chi connectivity index (χ2v) is 3.31. The molecule has 0 radical (unpaired) electrons. The van der Waals surface area contributed by atoms with Gasteiger partial charge in [0.25, 0.3) is 0 Å². The van der Waals surface area contributed by atoms with E-state index in [2.05, 4.69) is 6.58 Å². The van der Waals surface area contributed by atoms with Gasteiger partial charge in [0, 0.05) is 19.1 Å². The van der Waals surface area contributed by atoms with Crippen molar-refractivity contribution >= 4 is 0 Å². The molecule has 0 saturated carbocycles. The first-order chi connectivity index (χ1) is 5.72. The van der Waals surface area contributed by atoms with E-state index in [1.165, 1.54) is 0 Å². The summed E-state index contributed by atoms with van der Waals surface area (Å²) >= 11 is 0. The molecule has 0 aliphatic carbocycles. The molecule has 1 aliphatic rings. The maximum Gasteiger partial charge on any atom is 0.0943 e. The summed E-state index contributed by atoms with van der Waals surface area (Å²) < 4.78 is 0. The molecule has 3 nitrogen and oxygen atoms in total. The molecule has 0 spiro atoms. The minimum Gasteiger partial charge on any atom is -0.328 e. The van der Waals surface area contributed by atoms with Crippen molar-refractivity contribution in [3.63, 3.8) is 0 Å². The second-order valence-electron chi connectivity index (χ2n) is 3.31. The number of nitrogens with zero attached hydrogens (tertiary/aromatic N) is 1. The Morgan fingerprint density at radius 3 is 2.67 bits per heavy atom. The molecular formula is C9H18N2O. The van der Waals surface area contributed by atoms with E-state index in [9.17, 15) is 0 Å². The molecule has 0 amide bonds. The number of rotatable bonds is 3. The third-order valence-electron chi connectivity index (χ3n) is 2.15. The number of piperidine rings is 1. The molecule has 0 aromatic carbocycles. The molecule has 1 atom stereocenters. The van der Waals surface area contributed by atoms with Gasteiger partial charge in [0.05, 0.1) is 6.10 Å². The number of hydroxylamine groups is 2. The average Bonchev–Trinajstić information content (AvgIpc) is 2.09. The fourth-order valence-corrected chi connectivity index (χ4v) is 1.26. The van der Waals surface area contributed by atoms with Crippen molar-refractivity contribution in [3.8, 4) is 0 Å². The van der Waals surface area contributed by atoms with Crippen LogP contribution in [0, 0.1) is 0 Å². The van der Waals surface area contributed by atoms with Crippen LogP contribution in [0.2, 0.25) is 0 Å². The molecule has 3 heteroatoms. The molecule has 1 heterocycles. The molecular weight excluding hydrogens is 152 g/mol. The minimum absolute atomic E-state index is 0.110. The van der Waals surface area contributed by atoms with Gasteiger partial charge >= 0.3 is 0 Å². The average molecular weight is 170 g/mol. The Labute approximate surface area is 74.1 Å². The second kappa shape index (κ2) is 4.60. The SMILES string of the molecule is C=CC(C)ON1CCC(N)CC1. The predicted octanol–water partition coefficient (Wildman–Crippen LogP) is 0.916. The molecule has 70 valence electrons. The van der Waals surface area contributed by atoms with Crippen LogP contribution in [-0.2, 0) is 4.84 Å². The van der Waals surface area contributed by atoms with Crippen molar-refractivity contribution in [1.29, 1.82) is 0 Å². The molecule has 1 fully saturated rings. The molecule has 0 bridgehead atoms. The molecule has 1 rings (SSSR count). The van der Waals surface area contributed by atoms with Crippen LogP contribution in [0.5, 0.6) is 0 Å². The Hall–Kier alpha value is -0.380. The van der Waals surface area contributed by atoms with Gasteiger partial charge in [-0.3, -0.25) is 4.84 Å². The van der Waals surface area contributed by atoms with Crippen molar-refractivity contribution in [3.05, 3.63) is 12.7 Å². The third kappa shape index (κ3) is 2.93. The van der Waals surface area contributed by atoms with Crippen LogP contribution in [0.3, 0.4) is 0 Å². The number of hydrogen-bond donors (Lipinski definition) is 1. The zero-order chi connectivity index (χ0) is 8.97. The quantitative estimate of drug-likeness (QED) is 0.640. The van der Waals surface area contributed by atoms with Gasteiger partial charge in [-0.05, 0) is 19.8 Å². The summed E-state index contributed by atoms with van der Waals surface area (Å²) in [4.78, 5) is 5.55. The van der Waals surface area contributed by atoms with E-state index in [0.717, 1.165) is 25.9 Å². The largest absolute Gasteiger partial charge is 0.328 e. The molecule has 0 aromatic rings. The van der Waals surface area contributed by atoms with Crippen molar-refractivity contribution in [2.75, 3.05) is 13.1 Å². The van der Waals surface area contributed by atoms with E-state index in [1.54, 1.807) is 6.08 Å². The highest BCUT2D eigenvalue weighted by Crippen LogP contribution is 2.10. The van der Waals surface area contributed by atoms with Gasteiger partial charge in [0.2, 0.25) is 0 Å². The fraction of sp³-hybridized carbons (Fsp3) is 0.778. The summed E-state index contributed by atoms with van der Waals surface area (Å²) in [5, 5.41) is 1.98. The maximum absolute atomic E-state index is 5.76. The summed E-state index contributed by atoms with van der Waals surface area (Å²) in [5.74, 6) is 0. The predicted molar refractivity (Wildman–Crippen MR) is 49.5 cm³/mol. The van der Waals surface area contributed by atoms with E-state index in [-0.39, 0.29) is 6.10 Å². The Kier molecular flexibility index (Phi) is 3.72. The van der Waals surface area contributed by atoms with Crippen molar-refractivity contribution in [2.45, 2.75) is 31.9 Å². The van der Waals surface area contributed by atoms with Crippen molar-refractivity contribution in [2.24, 2.45) is 5.73 Å². The summed E-state index contributed by atoms with van der Waals surface area (Å²) in [5.41, 5.74) is 5.76. The first-order valence-corrected chi connectivity index (χ1v) is 4.52. The first kappa shape index (κ1) is 9.71. The zero-order valence-electron chi connectivity index (χ0n) is 7.70. The van der Waals surface area contributed by atoms with Gasteiger partial charge < -0.3 is 5.73 Å². The van der Waals surface area contributed by atoms with Crippen LogP contribution in [0.25, 0.3) is 0 Å². The van der Waals surface area contributed by atoms with Gasteiger partial charge in [-0.2, -0.15) is 5.06 Å². The minimum atomic E-state index is 0.110. The molecule has 0 aromatic heterocycles. The van der Waals surface area contributed by atoms with Crippen LogP contribution in [0.4, 0.5) is 0 Å². The number of nitrogens with two attached hydrogens (primary N) is 1. The van der Waals surface area contributed by atoms with Gasteiger partial charge in [0.15, 0.2) is 0 Å². The Bertz CT molecular complexity index is 141. The van der Waals surface area contributed by atoms with Crippen LogP contribution < -0.4 is 5.73 Å². The van der Waals surface area contributed by atoms with E-state index < -0.39 is 0 Å². The lowest BCUT2D eigenvalue weighted by Crippen LogP contribution is -2.40. The maximum atomic E-state index is 5.76. The van der Waals surface area contributed by atoms with Gasteiger partial charge in [0.1, 0.15) is 0 Å². The lowest BCUT2D eigenvalue weighted by molar-refractivity contribution is -0.188. The van der Waals surface area contributed by atoms with Gasteiger partial charge in [-0.25, -0.2) is 0 Å². The van der Waals surface area contributed by atoms with Gasteiger partial charge in [-0.15, -0.1) is 6.58 Å². The third-order valence-corrected chi connectivity index (χ3v) is 2.15. The van der Waals surface area contributed by atoms with E-state index in [1.807, 2.05) is 12.0 Å². The fourth-order valence-electron chi connectivity index (χ4n) is 1.26. The zero-order valence-corrected chi connectivity index (χ0v) is 7.70. The van der Waals surface area contributed by atoms with Crippen LogP contribution in [-0.4, -0.2) is 30.3 Å². The summed E-state index contributed by atoms with van der Waals surface area (Å²) in [6, 6.07) is 0.365. The molecule has 1 aliphatic heterocycles. The van der Waals surface area contributed by atoms with Gasteiger partial charge in [-0.1, -0.05) is 6.08 Å². The highest BCUT2D eigenvalue weighted by atomic mass is 16.7. The lowest BCUT2D eigenvalue weighted by atomic mass is 10.1. The molecule has 12 heavy (non-hydrogen) atoms. The smallest absolute Gasteiger partial charge is 0.0943 e. The summed E-state index contributed by atoms with van der Waals surface area (Å²) in [7, 11) is 0. The summed E-state index contributed by atoms with van der Waals surface area (Å²) in [6.45, 7) is 7.54. The normalized spacial score (nSPS) is 23.8. The first-order valence-electron chi connectivity index (χ1n) is 4.52. The van der Waals surface area contributed by atoms with Crippen LogP contribution >= 0.6 is 0 Å². The Morgan fingerprint density at radius 1 is 1.58 bits per heavy atom. The molecule has 2 N–H and O–H groups in total. The Balaban J connectivity index is 2.21. The standard InChI is InChI=1S/C9H18N2O/c1-3-8(2)12-11-6-4-9(10)5-7-11/h3,8-9H,1,4-7,10H2,2H3. The highest BCUT2D eigenvalue weighted by Gasteiger charge is 2.17. The van der Waals surface area contributed by atoms with Crippen LogP contribution in [0.15, 0.2) is 12.7 Å². The summed E-state index contributed by atoms with van der Waals surface area (Å²) in [6.07, 6.45) is 3.97. The molecule has 1 unspecified atom stereocenters. The monoisotopic (exact) mass is 170 g/mol. The van der Waals surface area contributed by atoms with Crippen molar-refractivity contribution < 1.29 is 4.84 Å². The van der Waals surface area contributed by atoms with Crippen LogP contribution in [0.1, 0.15) is 19.8 Å². The Morgan fingerprint density at radius 2 is 2.17 bits per heavy atom. The number of hydrogen-bond acceptors (Lipinski definition) is 3. The lowest BCUT2D eigenvalue weighted by Gasteiger charge is -2.30. The van der Waals surface area contributed by atoms with E-state index in [0.29, 0.717) is 6.04 Å². The molecule has 1 saturated heterocycles. The topological polar surface area (TPSA) is 38.5 Å². The van der Waals surface area contributed by atoms with E-state index in [4.69, 9.17) is 10.6 Å². The van der Waals surface area contributed by atoms with Crippen molar-refractivity contribution in [1.82, 2.24) is 5.06 Å². The van der Waals surface area contributed by atoms with E-state index >= 15 is 0 Å². The highest BCUT2D eigenvalue weighted by molar-refractivity contribution is 4.76.